The number of hydrogen-bond acceptors (Lipinski definition) is 3. The van der Waals surface area contributed by atoms with Gasteiger partial charge in [0.15, 0.2) is 0 Å². The molecule has 0 aliphatic heterocycles. The Bertz CT molecular complexity index is 295. The van der Waals surface area contributed by atoms with Gasteiger partial charge in [-0.15, -0.1) is 0 Å². The number of rotatable bonds is 3. The number of carbonyl (C=O) groups excluding carboxylic acids is 1. The van der Waals surface area contributed by atoms with E-state index < -0.39 is 11.9 Å². The predicted molar refractivity (Wildman–Crippen MR) is 48.8 cm³/mol. The van der Waals surface area contributed by atoms with Crippen molar-refractivity contribution >= 4 is 5.91 Å². The molecule has 1 aromatic rings. The van der Waals surface area contributed by atoms with Crippen molar-refractivity contribution in [3.8, 4) is 5.75 Å². The fourth-order valence-electron chi connectivity index (χ4n) is 1.06. The first-order chi connectivity index (χ1) is 6.09. The lowest BCUT2D eigenvalue weighted by atomic mass is 10.0. The summed E-state index contributed by atoms with van der Waals surface area (Å²) in [6, 6.07) is 6.00. The molecule has 0 saturated heterocycles. The van der Waals surface area contributed by atoms with Crippen LogP contribution in [0.5, 0.6) is 5.75 Å². The molecule has 1 unspecified atom stereocenters. The van der Waals surface area contributed by atoms with Gasteiger partial charge in [-0.2, -0.15) is 0 Å². The summed E-state index contributed by atoms with van der Waals surface area (Å²) >= 11 is 0. The van der Waals surface area contributed by atoms with Crippen molar-refractivity contribution < 1.29 is 9.90 Å². The number of primary amides is 1. The second-order valence-electron chi connectivity index (χ2n) is 2.87. The number of aromatic hydroxyl groups is 1. The van der Waals surface area contributed by atoms with Gasteiger partial charge < -0.3 is 16.6 Å². The van der Waals surface area contributed by atoms with E-state index in [9.17, 15) is 4.79 Å². The smallest absolute Gasteiger partial charge is 0.219 e. The van der Waals surface area contributed by atoms with Gasteiger partial charge in [0.05, 0.1) is 0 Å². The predicted octanol–water partition coefficient (Wildman–Crippen LogP) is 0.267. The van der Waals surface area contributed by atoms with E-state index in [1.165, 1.54) is 12.1 Å². The maximum Gasteiger partial charge on any atom is 0.219 e. The van der Waals surface area contributed by atoms with Crippen LogP contribution in [-0.2, 0) is 4.79 Å². The van der Waals surface area contributed by atoms with E-state index >= 15 is 0 Å². The molecule has 5 N–H and O–H groups in total. The number of phenols is 1. The molecule has 0 radical (unpaired) electrons. The molecule has 0 bridgehead atoms. The van der Waals surface area contributed by atoms with Crippen molar-refractivity contribution in [2.75, 3.05) is 0 Å². The van der Waals surface area contributed by atoms with Crippen molar-refractivity contribution in [1.29, 1.82) is 0 Å². The first-order valence-corrected chi connectivity index (χ1v) is 3.92. The first kappa shape index (κ1) is 9.54. The Morgan fingerprint density at radius 3 is 2.38 bits per heavy atom. The zero-order chi connectivity index (χ0) is 9.84. The van der Waals surface area contributed by atoms with Gasteiger partial charge in [0.2, 0.25) is 5.91 Å². The zero-order valence-electron chi connectivity index (χ0n) is 7.10. The molecule has 13 heavy (non-hydrogen) atoms. The third-order valence-electron chi connectivity index (χ3n) is 1.74. The van der Waals surface area contributed by atoms with Crippen LogP contribution < -0.4 is 11.5 Å². The lowest BCUT2D eigenvalue weighted by Crippen LogP contribution is -2.20. The minimum Gasteiger partial charge on any atom is -0.508 e. The number of phenolic OH excluding ortho intramolecular Hbond substituents is 1. The number of hydrogen-bond donors (Lipinski definition) is 3. The van der Waals surface area contributed by atoms with Crippen LogP contribution in [0.3, 0.4) is 0 Å². The highest BCUT2D eigenvalue weighted by molar-refractivity contribution is 5.74. The fourth-order valence-corrected chi connectivity index (χ4v) is 1.06. The minimum absolute atomic E-state index is 0.116. The normalized spacial score (nSPS) is 12.4. The quantitative estimate of drug-likeness (QED) is 0.623. The van der Waals surface area contributed by atoms with Gasteiger partial charge in [0.25, 0.3) is 0 Å². The molecule has 0 aromatic heterocycles. The number of amides is 1. The molecular weight excluding hydrogens is 168 g/mol. The number of nitrogens with two attached hydrogens (primary N) is 2. The average molecular weight is 180 g/mol. The summed E-state index contributed by atoms with van der Waals surface area (Å²) in [4.78, 5) is 10.5. The van der Waals surface area contributed by atoms with E-state index in [4.69, 9.17) is 16.6 Å². The molecule has 1 aromatic carbocycles. The maximum absolute atomic E-state index is 10.5. The van der Waals surface area contributed by atoms with Crippen molar-refractivity contribution in [3.05, 3.63) is 29.8 Å². The SMILES string of the molecule is NC(=O)CC(N)c1ccc(O)cc1. The van der Waals surface area contributed by atoms with E-state index in [0.717, 1.165) is 5.56 Å². The largest absolute Gasteiger partial charge is 0.508 e. The summed E-state index contributed by atoms with van der Waals surface area (Å²) in [5, 5.41) is 8.99. The summed E-state index contributed by atoms with van der Waals surface area (Å²) in [6.45, 7) is 0. The van der Waals surface area contributed by atoms with E-state index in [1.807, 2.05) is 0 Å². The van der Waals surface area contributed by atoms with Crippen LogP contribution in [-0.4, -0.2) is 11.0 Å². The average Bonchev–Trinajstić information content (AvgIpc) is 2.04. The lowest BCUT2D eigenvalue weighted by molar-refractivity contribution is -0.118. The zero-order valence-corrected chi connectivity index (χ0v) is 7.10. The molecule has 0 spiro atoms. The van der Waals surface area contributed by atoms with E-state index in [0.29, 0.717) is 0 Å². The minimum atomic E-state index is -0.430. The van der Waals surface area contributed by atoms with Crippen LogP contribution in [0.4, 0.5) is 0 Å². The highest BCUT2D eigenvalue weighted by Gasteiger charge is 2.08. The molecule has 1 amide bonds. The molecule has 1 rings (SSSR count). The van der Waals surface area contributed by atoms with Crippen molar-refractivity contribution in [1.82, 2.24) is 0 Å². The number of benzene rings is 1. The highest BCUT2D eigenvalue weighted by Crippen LogP contribution is 2.16. The van der Waals surface area contributed by atoms with Crippen LogP contribution in [0.25, 0.3) is 0 Å². The Morgan fingerprint density at radius 2 is 1.92 bits per heavy atom. The van der Waals surface area contributed by atoms with E-state index in [1.54, 1.807) is 12.1 Å². The van der Waals surface area contributed by atoms with Gasteiger partial charge in [-0.1, -0.05) is 12.1 Å². The first-order valence-electron chi connectivity index (χ1n) is 3.92. The van der Waals surface area contributed by atoms with Crippen molar-refractivity contribution in [3.63, 3.8) is 0 Å². The topological polar surface area (TPSA) is 89.3 Å². The van der Waals surface area contributed by atoms with Gasteiger partial charge in [-0.3, -0.25) is 4.79 Å². The maximum atomic E-state index is 10.5. The van der Waals surface area contributed by atoms with Gasteiger partial charge in [-0.05, 0) is 17.7 Å². The van der Waals surface area contributed by atoms with Gasteiger partial charge in [0, 0.05) is 12.5 Å². The third kappa shape index (κ3) is 2.76. The van der Waals surface area contributed by atoms with E-state index in [-0.39, 0.29) is 12.2 Å². The lowest BCUT2D eigenvalue weighted by Gasteiger charge is -2.09. The second-order valence-corrected chi connectivity index (χ2v) is 2.87. The Balaban J connectivity index is 2.71. The van der Waals surface area contributed by atoms with Crippen molar-refractivity contribution in [2.45, 2.75) is 12.5 Å². The summed E-state index contributed by atoms with van der Waals surface area (Å²) in [7, 11) is 0. The van der Waals surface area contributed by atoms with Crippen LogP contribution >= 0.6 is 0 Å². The molecule has 70 valence electrons. The standard InChI is InChI=1S/C9H12N2O2/c10-8(5-9(11)13)6-1-3-7(12)4-2-6/h1-4,8,12H,5,10H2,(H2,11,13). The van der Waals surface area contributed by atoms with Gasteiger partial charge in [-0.25, -0.2) is 0 Å². The van der Waals surface area contributed by atoms with Crippen molar-refractivity contribution in [2.24, 2.45) is 11.5 Å². The highest BCUT2D eigenvalue weighted by atomic mass is 16.3. The summed E-state index contributed by atoms with van der Waals surface area (Å²) in [5.74, 6) is -0.254. The molecule has 4 nitrogen and oxygen atoms in total. The Morgan fingerprint density at radius 1 is 1.38 bits per heavy atom. The molecule has 1 atom stereocenters. The monoisotopic (exact) mass is 180 g/mol. The number of carbonyl (C=O) groups is 1. The van der Waals surface area contributed by atoms with Gasteiger partial charge in [0.1, 0.15) is 5.75 Å². The molecule has 0 aliphatic rings. The fraction of sp³-hybridized carbons (Fsp3) is 0.222. The molecular formula is C9H12N2O2. The molecule has 0 heterocycles. The molecule has 0 aliphatic carbocycles. The molecule has 0 saturated carbocycles. The second kappa shape index (κ2) is 3.91. The summed E-state index contributed by atoms with van der Waals surface area (Å²) < 4.78 is 0. The third-order valence-corrected chi connectivity index (χ3v) is 1.74. The molecule has 4 heteroatoms. The Labute approximate surface area is 76.2 Å². The van der Waals surface area contributed by atoms with Crippen LogP contribution in [0.1, 0.15) is 18.0 Å². The Hall–Kier alpha value is -1.55. The summed E-state index contributed by atoms with van der Waals surface area (Å²) in [6.07, 6.45) is 0.116. The van der Waals surface area contributed by atoms with Crippen LogP contribution in [0, 0.1) is 0 Å². The van der Waals surface area contributed by atoms with E-state index in [2.05, 4.69) is 0 Å². The Kier molecular flexibility index (Phi) is 2.87. The van der Waals surface area contributed by atoms with Crippen LogP contribution in [0.2, 0.25) is 0 Å². The van der Waals surface area contributed by atoms with Crippen LogP contribution in [0.15, 0.2) is 24.3 Å². The van der Waals surface area contributed by atoms with Gasteiger partial charge >= 0.3 is 0 Å². The molecule has 0 fully saturated rings. The summed E-state index contributed by atoms with van der Waals surface area (Å²) in [5.41, 5.74) is 11.4.